The Bertz CT molecular complexity index is 1090. The molecule has 0 amide bonds. The Kier molecular flexibility index (Phi) is 4.88. The van der Waals surface area contributed by atoms with Crippen LogP contribution in [0.15, 0.2) is 58.8 Å². The molecule has 1 aromatic heterocycles. The number of para-hydroxylation sites is 2. The summed E-state index contributed by atoms with van der Waals surface area (Å²) in [6, 6.07) is 14.6. The molecule has 1 N–H and O–H groups in total. The molecule has 0 atom stereocenters. The van der Waals surface area contributed by atoms with Crippen molar-refractivity contribution in [2.75, 3.05) is 16.2 Å². The van der Waals surface area contributed by atoms with E-state index in [4.69, 9.17) is 11.6 Å². The maximum absolute atomic E-state index is 12.9. The number of rotatable bonds is 4. The van der Waals surface area contributed by atoms with Crippen LogP contribution in [0.3, 0.4) is 0 Å². The molecule has 27 heavy (non-hydrogen) atoms. The van der Waals surface area contributed by atoms with Crippen LogP contribution in [-0.2, 0) is 23.0 Å². The van der Waals surface area contributed by atoms with Gasteiger partial charge in [0.15, 0.2) is 0 Å². The molecule has 140 valence electrons. The molecule has 0 saturated carbocycles. The quantitative estimate of drug-likeness (QED) is 0.643. The Labute approximate surface area is 168 Å². The first kappa shape index (κ1) is 18.3. The maximum Gasteiger partial charge on any atom is 0.263 e. The molecular weight excluding hydrogens is 400 g/mol. The van der Waals surface area contributed by atoms with Gasteiger partial charge in [0.05, 0.1) is 16.4 Å². The predicted octanol–water partition coefficient (Wildman–Crippen LogP) is 5.07. The zero-order chi connectivity index (χ0) is 19.0. The minimum atomic E-state index is -3.78. The summed E-state index contributed by atoms with van der Waals surface area (Å²) >= 11 is 7.97. The number of halogens is 1. The van der Waals surface area contributed by atoms with Crippen LogP contribution >= 0.6 is 22.9 Å². The molecule has 0 spiro atoms. The summed E-state index contributed by atoms with van der Waals surface area (Å²) in [5.74, 6) is 0. The fourth-order valence-corrected chi connectivity index (χ4v) is 5.88. The zero-order valence-electron chi connectivity index (χ0n) is 14.8. The van der Waals surface area contributed by atoms with Gasteiger partial charge in [-0.2, -0.15) is 0 Å². The number of benzene rings is 2. The Morgan fingerprint density at radius 2 is 1.96 bits per heavy atom. The van der Waals surface area contributed by atoms with Crippen LogP contribution in [0.1, 0.15) is 16.0 Å². The Morgan fingerprint density at radius 1 is 1.15 bits per heavy atom. The van der Waals surface area contributed by atoms with E-state index in [9.17, 15) is 8.42 Å². The first-order valence-corrected chi connectivity index (χ1v) is 11.4. The van der Waals surface area contributed by atoms with Gasteiger partial charge in [-0.15, -0.1) is 11.3 Å². The van der Waals surface area contributed by atoms with Crippen LogP contribution in [0, 0.1) is 6.92 Å². The number of anilines is 2. The van der Waals surface area contributed by atoms with E-state index < -0.39 is 10.0 Å². The van der Waals surface area contributed by atoms with E-state index in [2.05, 4.69) is 21.1 Å². The van der Waals surface area contributed by atoms with E-state index >= 15 is 0 Å². The number of nitrogens with zero attached hydrogens (tertiary/aromatic N) is 1. The molecule has 2 aromatic carbocycles. The van der Waals surface area contributed by atoms with Crippen LogP contribution in [-0.4, -0.2) is 15.0 Å². The first-order valence-electron chi connectivity index (χ1n) is 8.62. The van der Waals surface area contributed by atoms with Crippen LogP contribution < -0.4 is 9.62 Å². The van der Waals surface area contributed by atoms with Crippen molar-refractivity contribution in [3.05, 3.63) is 74.9 Å². The van der Waals surface area contributed by atoms with Crippen molar-refractivity contribution in [3.63, 3.8) is 0 Å². The third kappa shape index (κ3) is 3.70. The Balaban J connectivity index is 1.66. The second-order valence-corrected chi connectivity index (χ2v) is 9.66. The van der Waals surface area contributed by atoms with E-state index in [0.717, 1.165) is 30.8 Å². The SMILES string of the molecule is Cc1ccc(S(=O)(=O)Nc2ccccc2N2CCc3sccc3C2)c(Cl)c1. The lowest BCUT2D eigenvalue weighted by Gasteiger charge is -2.30. The largest absolute Gasteiger partial charge is 0.365 e. The zero-order valence-corrected chi connectivity index (χ0v) is 17.2. The van der Waals surface area contributed by atoms with Crippen molar-refractivity contribution in [2.24, 2.45) is 0 Å². The molecule has 4 rings (SSSR count). The predicted molar refractivity (Wildman–Crippen MR) is 113 cm³/mol. The smallest absolute Gasteiger partial charge is 0.263 e. The highest BCUT2D eigenvalue weighted by Crippen LogP contribution is 2.34. The molecule has 4 nitrogen and oxygen atoms in total. The second-order valence-electron chi connectivity index (χ2n) is 6.60. The number of nitrogens with one attached hydrogen (secondary N) is 1. The van der Waals surface area contributed by atoms with Crippen molar-refractivity contribution in [1.29, 1.82) is 0 Å². The Morgan fingerprint density at radius 3 is 2.78 bits per heavy atom. The van der Waals surface area contributed by atoms with Gasteiger partial charge in [0.25, 0.3) is 10.0 Å². The lowest BCUT2D eigenvalue weighted by molar-refractivity contribution is 0.601. The lowest BCUT2D eigenvalue weighted by Crippen LogP contribution is -2.30. The maximum atomic E-state index is 12.9. The van der Waals surface area contributed by atoms with E-state index in [-0.39, 0.29) is 9.92 Å². The second kappa shape index (κ2) is 7.19. The number of aryl methyl sites for hydroxylation is 1. The summed E-state index contributed by atoms with van der Waals surface area (Å²) in [5, 5.41) is 2.34. The highest BCUT2D eigenvalue weighted by atomic mass is 35.5. The topological polar surface area (TPSA) is 49.4 Å². The molecule has 2 heterocycles. The number of hydrogen-bond acceptors (Lipinski definition) is 4. The van der Waals surface area contributed by atoms with Gasteiger partial charge < -0.3 is 4.90 Å². The molecule has 0 fully saturated rings. The number of thiophene rings is 1. The molecule has 7 heteroatoms. The monoisotopic (exact) mass is 418 g/mol. The molecule has 0 saturated heterocycles. The van der Waals surface area contributed by atoms with Crippen molar-refractivity contribution in [1.82, 2.24) is 0 Å². The van der Waals surface area contributed by atoms with Crippen LogP contribution in [0.2, 0.25) is 5.02 Å². The molecule has 1 aliphatic heterocycles. The number of sulfonamides is 1. The molecule has 3 aromatic rings. The fourth-order valence-electron chi connectivity index (χ4n) is 3.31. The van der Waals surface area contributed by atoms with Gasteiger partial charge in [-0.05, 0) is 60.2 Å². The van der Waals surface area contributed by atoms with Crippen molar-refractivity contribution >= 4 is 44.3 Å². The van der Waals surface area contributed by atoms with Gasteiger partial charge in [0.1, 0.15) is 4.90 Å². The average Bonchev–Trinajstić information content (AvgIpc) is 3.09. The number of fused-ring (bicyclic) bond motifs is 1. The van der Waals surface area contributed by atoms with Crippen LogP contribution in [0.25, 0.3) is 0 Å². The minimum absolute atomic E-state index is 0.0864. The van der Waals surface area contributed by atoms with Gasteiger partial charge in [0.2, 0.25) is 0 Å². The van der Waals surface area contributed by atoms with Gasteiger partial charge in [0, 0.05) is 18.0 Å². The molecule has 0 bridgehead atoms. The lowest BCUT2D eigenvalue weighted by atomic mass is 10.1. The summed E-state index contributed by atoms with van der Waals surface area (Å²) in [6.45, 7) is 3.51. The van der Waals surface area contributed by atoms with E-state index in [1.54, 1.807) is 35.6 Å². The number of hydrogen-bond donors (Lipinski definition) is 1. The van der Waals surface area contributed by atoms with E-state index in [1.807, 2.05) is 25.1 Å². The van der Waals surface area contributed by atoms with Gasteiger partial charge in [-0.1, -0.05) is 29.8 Å². The molecule has 0 unspecified atom stereocenters. The normalized spacial score (nSPS) is 14.1. The molecule has 1 aliphatic rings. The van der Waals surface area contributed by atoms with E-state index in [1.165, 1.54) is 10.4 Å². The van der Waals surface area contributed by atoms with E-state index in [0.29, 0.717) is 5.69 Å². The standard InChI is InChI=1S/C20H19ClN2O2S2/c1-14-6-7-20(16(21)12-14)27(24,25)22-17-4-2-3-5-18(17)23-10-8-19-15(13-23)9-11-26-19/h2-7,9,11-12,22H,8,10,13H2,1H3. The minimum Gasteiger partial charge on any atom is -0.365 e. The summed E-state index contributed by atoms with van der Waals surface area (Å²) in [5.41, 5.74) is 3.67. The summed E-state index contributed by atoms with van der Waals surface area (Å²) in [4.78, 5) is 3.71. The van der Waals surface area contributed by atoms with Crippen molar-refractivity contribution in [3.8, 4) is 0 Å². The highest BCUT2D eigenvalue weighted by molar-refractivity contribution is 7.92. The van der Waals surface area contributed by atoms with Crippen LogP contribution in [0.5, 0.6) is 0 Å². The van der Waals surface area contributed by atoms with Crippen LogP contribution in [0.4, 0.5) is 11.4 Å². The molecule has 0 aliphatic carbocycles. The summed E-state index contributed by atoms with van der Waals surface area (Å²) < 4.78 is 28.6. The Hall–Kier alpha value is -2.02. The molecule has 0 radical (unpaired) electrons. The van der Waals surface area contributed by atoms with Crippen molar-refractivity contribution in [2.45, 2.75) is 24.8 Å². The average molecular weight is 419 g/mol. The van der Waals surface area contributed by atoms with Crippen molar-refractivity contribution < 1.29 is 8.42 Å². The third-order valence-corrected chi connectivity index (χ3v) is 7.55. The molecular formula is C20H19ClN2O2S2. The van der Waals surface area contributed by atoms with Gasteiger partial charge >= 0.3 is 0 Å². The summed E-state index contributed by atoms with van der Waals surface area (Å²) in [7, 11) is -3.78. The van der Waals surface area contributed by atoms with Gasteiger partial charge in [-0.25, -0.2) is 8.42 Å². The highest BCUT2D eigenvalue weighted by Gasteiger charge is 2.23. The summed E-state index contributed by atoms with van der Waals surface area (Å²) in [6.07, 6.45) is 0.970. The first-order chi connectivity index (χ1) is 12.9. The third-order valence-electron chi connectivity index (χ3n) is 4.67. The van der Waals surface area contributed by atoms with Gasteiger partial charge in [-0.3, -0.25) is 4.72 Å². The fraction of sp³-hybridized carbons (Fsp3) is 0.200.